The number of likely N-dealkylation sites (tertiary alicyclic amines) is 1. The highest BCUT2D eigenvalue weighted by molar-refractivity contribution is 7.90. The molecule has 3 rings (SSSR count). The molecule has 2 aliphatic heterocycles. The van der Waals surface area contributed by atoms with E-state index in [4.69, 9.17) is 4.74 Å². The molecule has 0 bridgehead atoms. The molecule has 1 amide bonds. The van der Waals surface area contributed by atoms with Gasteiger partial charge >= 0.3 is 0 Å². The van der Waals surface area contributed by atoms with E-state index in [1.807, 2.05) is 6.92 Å². The molecule has 1 N–H and O–H groups in total. The zero-order chi connectivity index (χ0) is 19.8. The van der Waals surface area contributed by atoms with Crippen molar-refractivity contribution in [2.24, 2.45) is 5.92 Å². The molecule has 27 heavy (non-hydrogen) atoms. The molecule has 150 valence electrons. The molecule has 1 saturated heterocycles. The number of benzene rings is 1. The van der Waals surface area contributed by atoms with Gasteiger partial charge in [-0.05, 0) is 49.9 Å². The van der Waals surface area contributed by atoms with Crippen LogP contribution in [0, 0.1) is 5.92 Å². The van der Waals surface area contributed by atoms with Crippen molar-refractivity contribution in [1.82, 2.24) is 10.2 Å². The Morgan fingerprint density at radius 1 is 1.37 bits per heavy atom. The maximum absolute atomic E-state index is 12.9. The van der Waals surface area contributed by atoms with Gasteiger partial charge < -0.3 is 10.1 Å². The third-order valence-corrected chi connectivity index (χ3v) is 6.33. The maximum atomic E-state index is 12.9. The van der Waals surface area contributed by atoms with Crippen molar-refractivity contribution in [3.8, 4) is 5.75 Å². The highest BCUT2D eigenvalue weighted by atomic mass is 32.2. The second kappa shape index (κ2) is 7.80. The highest BCUT2D eigenvalue weighted by Gasteiger charge is 2.29. The monoisotopic (exact) mass is 394 g/mol. The number of nitrogens with one attached hydrogen (secondary N) is 1. The average Bonchev–Trinajstić information content (AvgIpc) is 3.15. The molecule has 2 atom stereocenters. The molecule has 1 fully saturated rings. The Bertz CT molecular complexity index is 820. The Labute approximate surface area is 162 Å². The smallest absolute Gasteiger partial charge is 0.255 e. The van der Waals surface area contributed by atoms with Gasteiger partial charge in [-0.15, -0.1) is 0 Å². The summed E-state index contributed by atoms with van der Waals surface area (Å²) in [6, 6.07) is 3.41. The lowest BCUT2D eigenvalue weighted by molar-refractivity contribution is 0.0934. The lowest BCUT2D eigenvalue weighted by atomic mass is 10.1. The van der Waals surface area contributed by atoms with E-state index in [0.717, 1.165) is 37.8 Å². The zero-order valence-corrected chi connectivity index (χ0v) is 17.4. The summed E-state index contributed by atoms with van der Waals surface area (Å²) in [4.78, 5) is 15.5. The van der Waals surface area contributed by atoms with Gasteiger partial charge in [0.25, 0.3) is 5.91 Å². The van der Waals surface area contributed by atoms with Crippen molar-refractivity contribution in [3.63, 3.8) is 0 Å². The fourth-order valence-corrected chi connectivity index (χ4v) is 4.72. The summed E-state index contributed by atoms with van der Waals surface area (Å²) in [5.74, 6) is 0.853. The number of rotatable bonds is 6. The van der Waals surface area contributed by atoms with Crippen LogP contribution in [0.3, 0.4) is 0 Å². The van der Waals surface area contributed by atoms with Gasteiger partial charge in [-0.25, -0.2) is 8.42 Å². The van der Waals surface area contributed by atoms with Crippen LogP contribution in [-0.2, 0) is 16.3 Å². The summed E-state index contributed by atoms with van der Waals surface area (Å²) in [7, 11) is -3.39. The first-order valence-corrected chi connectivity index (χ1v) is 11.6. The predicted molar refractivity (Wildman–Crippen MR) is 105 cm³/mol. The van der Waals surface area contributed by atoms with Crippen LogP contribution in [0.15, 0.2) is 17.0 Å². The van der Waals surface area contributed by atoms with Crippen LogP contribution < -0.4 is 10.1 Å². The predicted octanol–water partition coefficient (Wildman–Crippen LogP) is 2.26. The minimum atomic E-state index is -3.39. The van der Waals surface area contributed by atoms with Gasteiger partial charge in [-0.3, -0.25) is 9.69 Å². The number of ether oxygens (including phenoxy) is 1. The number of fused-ring (bicyclic) bond motifs is 1. The molecule has 2 aliphatic rings. The van der Waals surface area contributed by atoms with Crippen molar-refractivity contribution in [3.05, 3.63) is 23.3 Å². The zero-order valence-electron chi connectivity index (χ0n) is 16.6. The standard InChI is InChI=1S/C20H30N2O4S/c1-13(2)12-22-7-5-6-16(22)11-21-20(23)18-10-17(27(4,24)25)9-15-8-14(3)26-19(15)18/h9-10,13-14,16H,5-8,11-12H2,1-4H3,(H,21,23). The molecule has 0 aromatic heterocycles. The molecule has 1 aromatic carbocycles. The summed E-state index contributed by atoms with van der Waals surface area (Å²) >= 11 is 0. The Morgan fingerprint density at radius 3 is 2.78 bits per heavy atom. The quantitative estimate of drug-likeness (QED) is 0.801. The molecule has 0 spiro atoms. The minimum absolute atomic E-state index is 0.0577. The number of carbonyl (C=O) groups excluding carboxylic acids is 1. The first-order valence-electron chi connectivity index (χ1n) is 9.71. The van der Waals surface area contributed by atoms with Crippen LogP contribution in [0.2, 0.25) is 0 Å². The molecule has 0 saturated carbocycles. The SMILES string of the molecule is CC(C)CN1CCCC1CNC(=O)c1cc(S(C)(=O)=O)cc2c1OC(C)C2. The summed E-state index contributed by atoms with van der Waals surface area (Å²) < 4.78 is 29.9. The highest BCUT2D eigenvalue weighted by Crippen LogP contribution is 2.35. The first kappa shape index (κ1) is 20.1. The van der Waals surface area contributed by atoms with E-state index in [1.165, 1.54) is 6.07 Å². The molecule has 1 aromatic rings. The van der Waals surface area contributed by atoms with Crippen molar-refractivity contribution in [1.29, 1.82) is 0 Å². The third kappa shape index (κ3) is 4.63. The van der Waals surface area contributed by atoms with E-state index in [2.05, 4.69) is 24.1 Å². The van der Waals surface area contributed by atoms with E-state index in [-0.39, 0.29) is 16.9 Å². The van der Waals surface area contributed by atoms with Gasteiger partial charge in [0.15, 0.2) is 9.84 Å². The largest absolute Gasteiger partial charge is 0.489 e. The summed E-state index contributed by atoms with van der Waals surface area (Å²) in [6.45, 7) is 8.99. The van der Waals surface area contributed by atoms with Crippen LogP contribution in [-0.4, -0.2) is 57.3 Å². The van der Waals surface area contributed by atoms with Gasteiger partial charge in [0.1, 0.15) is 11.9 Å². The molecular weight excluding hydrogens is 364 g/mol. The summed E-state index contributed by atoms with van der Waals surface area (Å²) in [5, 5.41) is 3.01. The fraction of sp³-hybridized carbons (Fsp3) is 0.650. The van der Waals surface area contributed by atoms with E-state index in [0.29, 0.717) is 36.2 Å². The number of hydrogen-bond donors (Lipinski definition) is 1. The minimum Gasteiger partial charge on any atom is -0.489 e. The van der Waals surface area contributed by atoms with Crippen LogP contribution >= 0.6 is 0 Å². The maximum Gasteiger partial charge on any atom is 0.255 e. The van der Waals surface area contributed by atoms with Crippen LogP contribution in [0.4, 0.5) is 0 Å². The van der Waals surface area contributed by atoms with Crippen molar-refractivity contribution >= 4 is 15.7 Å². The van der Waals surface area contributed by atoms with Crippen molar-refractivity contribution in [2.45, 2.75) is 57.1 Å². The van der Waals surface area contributed by atoms with Crippen molar-refractivity contribution < 1.29 is 17.9 Å². The third-order valence-electron chi connectivity index (χ3n) is 5.24. The number of amides is 1. The summed E-state index contributed by atoms with van der Waals surface area (Å²) in [6.07, 6.45) is 3.94. The van der Waals surface area contributed by atoms with E-state index >= 15 is 0 Å². The molecule has 0 radical (unpaired) electrons. The molecule has 2 unspecified atom stereocenters. The number of hydrogen-bond acceptors (Lipinski definition) is 5. The van der Waals surface area contributed by atoms with E-state index in [1.54, 1.807) is 6.07 Å². The number of nitrogens with zero attached hydrogens (tertiary/aromatic N) is 1. The molecule has 6 nitrogen and oxygen atoms in total. The van der Waals surface area contributed by atoms with Crippen molar-refractivity contribution in [2.75, 3.05) is 25.9 Å². The van der Waals surface area contributed by atoms with E-state index in [9.17, 15) is 13.2 Å². The van der Waals surface area contributed by atoms with E-state index < -0.39 is 9.84 Å². The number of carbonyl (C=O) groups is 1. The second-order valence-electron chi connectivity index (χ2n) is 8.26. The van der Waals surface area contributed by atoms with Crippen LogP contribution in [0.1, 0.15) is 49.5 Å². The lowest BCUT2D eigenvalue weighted by Crippen LogP contribution is -2.41. The first-order chi connectivity index (χ1) is 12.6. The Hall–Kier alpha value is -1.60. The molecule has 2 heterocycles. The Balaban J connectivity index is 1.78. The Morgan fingerprint density at radius 2 is 2.11 bits per heavy atom. The topological polar surface area (TPSA) is 75.7 Å². The van der Waals surface area contributed by atoms with Crippen LogP contribution in [0.25, 0.3) is 0 Å². The molecule has 0 aliphatic carbocycles. The van der Waals surface area contributed by atoms with Gasteiger partial charge in [0.05, 0.1) is 10.5 Å². The van der Waals surface area contributed by atoms with Gasteiger partial charge in [0, 0.05) is 31.8 Å². The second-order valence-corrected chi connectivity index (χ2v) is 10.3. The lowest BCUT2D eigenvalue weighted by Gasteiger charge is -2.26. The van der Waals surface area contributed by atoms with Gasteiger partial charge in [-0.1, -0.05) is 13.8 Å². The Kier molecular flexibility index (Phi) is 5.82. The molecule has 7 heteroatoms. The average molecular weight is 395 g/mol. The normalized spacial score (nSPS) is 22.7. The fourth-order valence-electron chi connectivity index (χ4n) is 4.03. The molecular formula is C20H30N2O4S. The number of sulfone groups is 1. The van der Waals surface area contributed by atoms with Gasteiger partial charge in [0.2, 0.25) is 0 Å². The summed E-state index contributed by atoms with van der Waals surface area (Å²) in [5.41, 5.74) is 1.11. The van der Waals surface area contributed by atoms with Crippen LogP contribution in [0.5, 0.6) is 5.75 Å². The van der Waals surface area contributed by atoms with Gasteiger partial charge in [-0.2, -0.15) is 0 Å².